The molecule has 6 heteroatoms. The Morgan fingerprint density at radius 2 is 0.686 bits per heavy atom. The molecule has 0 saturated carbocycles. The molecule has 0 radical (unpaired) electrons. The first-order chi connectivity index (χ1) is 42.6. The highest BCUT2D eigenvalue weighted by molar-refractivity contribution is 7.26. The van der Waals surface area contributed by atoms with E-state index in [0.29, 0.717) is 0 Å². The molecule has 0 unspecified atom stereocenters. The highest BCUT2D eigenvalue weighted by Crippen LogP contribution is 2.45. The van der Waals surface area contributed by atoms with E-state index in [1.807, 2.05) is 28.9 Å². The summed E-state index contributed by atoms with van der Waals surface area (Å²) < 4.78 is 9.92. The van der Waals surface area contributed by atoms with Crippen LogP contribution in [0.4, 0.5) is 0 Å². The van der Waals surface area contributed by atoms with E-state index >= 15 is 0 Å². The highest BCUT2D eigenvalue weighted by Gasteiger charge is 2.22. The van der Waals surface area contributed by atoms with Crippen LogP contribution in [0.25, 0.3) is 173 Å². The second kappa shape index (κ2) is 19.4. The molecule has 18 aromatic rings. The summed E-state index contributed by atoms with van der Waals surface area (Å²) in [6.45, 7) is 0. The third-order valence-corrected chi connectivity index (χ3v) is 19.8. The Balaban J connectivity index is 0.737. The highest BCUT2D eigenvalue weighted by atomic mass is 32.1. The summed E-state index contributed by atoms with van der Waals surface area (Å²) in [4.78, 5) is 10.6. The van der Waals surface area contributed by atoms with Crippen LogP contribution >= 0.6 is 22.7 Å². The topological polar surface area (TPSA) is 35.6 Å². The third-order valence-electron chi connectivity index (χ3n) is 17.6. The smallest absolute Gasteiger partial charge is 0.0964 e. The third kappa shape index (κ3) is 7.88. The molecule has 400 valence electrons. The van der Waals surface area contributed by atoms with Gasteiger partial charge in [-0.05, 0) is 145 Å². The number of rotatable bonds is 8. The maximum atomic E-state index is 5.32. The maximum Gasteiger partial charge on any atom is 0.0964 e. The van der Waals surface area contributed by atoms with Gasteiger partial charge in [-0.3, -0.25) is 9.97 Å². The van der Waals surface area contributed by atoms with Crippen molar-refractivity contribution >= 4 is 118 Å². The van der Waals surface area contributed by atoms with Crippen LogP contribution in [0.5, 0.6) is 0 Å². The van der Waals surface area contributed by atoms with E-state index < -0.39 is 0 Å². The summed E-state index contributed by atoms with van der Waals surface area (Å²) >= 11 is 3.71. The summed E-state index contributed by atoms with van der Waals surface area (Å²) in [5.74, 6) is 0. The number of pyridine rings is 2. The van der Waals surface area contributed by atoms with E-state index in [-0.39, 0.29) is 0 Å². The van der Waals surface area contributed by atoms with Crippen LogP contribution in [0.15, 0.2) is 291 Å². The quantitative estimate of drug-likeness (QED) is 0.152. The van der Waals surface area contributed by atoms with Crippen LogP contribution < -0.4 is 0 Å². The van der Waals surface area contributed by atoms with Gasteiger partial charge in [0.25, 0.3) is 0 Å². The molecule has 0 saturated heterocycles. The fourth-order valence-electron chi connectivity index (χ4n) is 13.4. The Morgan fingerprint density at radius 3 is 1.30 bits per heavy atom. The first-order valence-corrected chi connectivity index (χ1v) is 30.8. The minimum atomic E-state index is 0.986. The number of fused-ring (bicyclic) bond motifs is 13. The molecule has 0 bridgehead atoms. The molecule has 0 N–H and O–H groups in total. The fourth-order valence-corrected chi connectivity index (χ4v) is 15.7. The Morgan fingerprint density at radius 1 is 0.233 bits per heavy atom. The van der Waals surface area contributed by atoms with Crippen molar-refractivity contribution in [3.8, 4) is 78.1 Å². The molecule has 6 aromatic heterocycles. The van der Waals surface area contributed by atoms with Crippen molar-refractivity contribution in [1.82, 2.24) is 19.1 Å². The largest absolute Gasteiger partial charge is 0.308 e. The van der Waals surface area contributed by atoms with Gasteiger partial charge < -0.3 is 9.13 Å². The van der Waals surface area contributed by atoms with E-state index in [1.165, 1.54) is 84.5 Å². The van der Waals surface area contributed by atoms with Crippen molar-refractivity contribution in [3.63, 3.8) is 0 Å². The zero-order valence-corrected chi connectivity index (χ0v) is 48.0. The Hall–Kier alpha value is -10.8. The van der Waals surface area contributed by atoms with Crippen molar-refractivity contribution in [3.05, 3.63) is 291 Å². The zero-order valence-electron chi connectivity index (χ0n) is 46.3. The molecule has 0 aliphatic carbocycles. The van der Waals surface area contributed by atoms with E-state index in [1.54, 1.807) is 0 Å². The van der Waals surface area contributed by atoms with Gasteiger partial charge in [0.1, 0.15) is 0 Å². The molecule has 0 spiro atoms. The maximum absolute atomic E-state index is 5.32. The number of thiophene rings is 2. The van der Waals surface area contributed by atoms with Crippen LogP contribution in [0.3, 0.4) is 0 Å². The molecule has 12 aromatic carbocycles. The molecule has 0 aliphatic heterocycles. The van der Waals surface area contributed by atoms with Crippen LogP contribution in [0, 0.1) is 0 Å². The van der Waals surface area contributed by atoms with Gasteiger partial charge in [-0.1, -0.05) is 200 Å². The summed E-state index contributed by atoms with van der Waals surface area (Å²) in [5.41, 5.74) is 22.5. The Kier molecular flexibility index (Phi) is 11.0. The predicted octanol–water partition coefficient (Wildman–Crippen LogP) is 22.6. The van der Waals surface area contributed by atoms with Crippen molar-refractivity contribution in [2.24, 2.45) is 0 Å². The lowest BCUT2D eigenvalue weighted by Crippen LogP contribution is -1.96. The Labute approximate surface area is 503 Å². The molecule has 0 aliphatic rings. The van der Waals surface area contributed by atoms with Gasteiger partial charge in [0.05, 0.1) is 33.1 Å². The normalized spacial score (nSPS) is 12.0. The second-order valence-electron chi connectivity index (χ2n) is 22.5. The van der Waals surface area contributed by atoms with Gasteiger partial charge in [0.2, 0.25) is 0 Å². The SMILES string of the molecule is c1ccc(-c2cc(-c3ccccc3)cc(-n3c4cc5sc6cc(-c7ccc(-c8cnc9c%10cc%11c(cc%10n(-c%10ccc(-c%12cccc%13ccccc%12%13)cc%10)c9c8)sc8ccccc8%11)cc7)ccc6c5cc4c4ncc(-c5ccccc5)cc43)c2)cc1. The molecule has 4 nitrogen and oxygen atoms in total. The van der Waals surface area contributed by atoms with Crippen LogP contribution in [-0.4, -0.2) is 19.1 Å². The van der Waals surface area contributed by atoms with Gasteiger partial charge in [-0.15, -0.1) is 22.7 Å². The molecule has 86 heavy (non-hydrogen) atoms. The van der Waals surface area contributed by atoms with Crippen molar-refractivity contribution in [2.45, 2.75) is 0 Å². The van der Waals surface area contributed by atoms with Crippen LogP contribution in [-0.2, 0) is 0 Å². The number of aromatic nitrogens is 4. The van der Waals surface area contributed by atoms with Crippen molar-refractivity contribution in [2.75, 3.05) is 0 Å². The predicted molar refractivity (Wildman–Crippen MR) is 367 cm³/mol. The summed E-state index contributed by atoms with van der Waals surface area (Å²) in [5, 5.41) is 9.83. The zero-order chi connectivity index (χ0) is 56.4. The second-order valence-corrected chi connectivity index (χ2v) is 24.7. The lowest BCUT2D eigenvalue weighted by molar-refractivity contribution is 1.18. The van der Waals surface area contributed by atoms with Gasteiger partial charge >= 0.3 is 0 Å². The average molecular weight is 1130 g/mol. The number of hydrogen-bond donors (Lipinski definition) is 0. The van der Waals surface area contributed by atoms with Gasteiger partial charge in [-0.2, -0.15) is 0 Å². The average Bonchev–Trinajstić information content (AvgIpc) is 2.11. The summed E-state index contributed by atoms with van der Waals surface area (Å²) in [6, 6.07) is 102. The summed E-state index contributed by atoms with van der Waals surface area (Å²) in [7, 11) is 0. The number of nitrogens with zero attached hydrogens (tertiary/aromatic N) is 4. The summed E-state index contributed by atoms with van der Waals surface area (Å²) in [6.07, 6.45) is 4.09. The molecule has 0 atom stereocenters. The lowest BCUT2D eigenvalue weighted by Gasteiger charge is -2.14. The van der Waals surface area contributed by atoms with Gasteiger partial charge in [0, 0.05) is 86.0 Å². The molecule has 18 rings (SSSR count). The molecule has 0 fully saturated rings. The van der Waals surface area contributed by atoms with Gasteiger partial charge in [0.15, 0.2) is 0 Å². The van der Waals surface area contributed by atoms with E-state index in [4.69, 9.17) is 9.97 Å². The molecular formula is C80H48N4S2. The minimum Gasteiger partial charge on any atom is -0.308 e. The van der Waals surface area contributed by atoms with Crippen LogP contribution in [0.1, 0.15) is 0 Å². The number of hydrogen-bond acceptors (Lipinski definition) is 4. The Bertz CT molecular complexity index is 5670. The minimum absolute atomic E-state index is 0.986. The lowest BCUT2D eigenvalue weighted by atomic mass is 9.98. The van der Waals surface area contributed by atoms with Crippen molar-refractivity contribution < 1.29 is 0 Å². The molecule has 0 amide bonds. The van der Waals surface area contributed by atoms with E-state index in [2.05, 4.69) is 294 Å². The number of benzene rings is 12. The van der Waals surface area contributed by atoms with E-state index in [9.17, 15) is 0 Å². The van der Waals surface area contributed by atoms with Crippen molar-refractivity contribution in [1.29, 1.82) is 0 Å². The fraction of sp³-hybridized carbons (Fsp3) is 0. The monoisotopic (exact) mass is 1130 g/mol. The van der Waals surface area contributed by atoms with Gasteiger partial charge in [-0.25, -0.2) is 0 Å². The standard InChI is InChI=1S/C80H48N4S2/c1-4-15-49(16-5-1)57-37-58(50-17-6-2-7-18-50)39-62(38-57)84-72-46-78-68(44-70(72)80-74(84)40-59(47-81-80)51-19-8-3-9-20-51)66-36-33-56(42-76(66)86-78)52-27-29-53(30-28-52)60-41-73-79(82-48-60)69-43-67-65-24-12-13-26-75(65)85-77(67)45-71(69)83(73)61-34-31-55(32-35-61)64-25-14-22-54-21-10-11-23-63(54)64/h1-48H. The first kappa shape index (κ1) is 48.7. The molecular weight excluding hydrogens is 1080 g/mol. The van der Waals surface area contributed by atoms with E-state index in [0.717, 1.165) is 88.6 Å². The molecule has 6 heterocycles. The first-order valence-electron chi connectivity index (χ1n) is 29.2. The van der Waals surface area contributed by atoms with Crippen LogP contribution in [0.2, 0.25) is 0 Å².